The van der Waals surface area contributed by atoms with Crippen molar-refractivity contribution in [3.63, 3.8) is 0 Å². The first-order valence-corrected chi connectivity index (χ1v) is 2.89. The van der Waals surface area contributed by atoms with E-state index in [0.29, 0.717) is 11.7 Å². The number of hydrogen-bond donors (Lipinski definition) is 0. The number of hydrogen-bond acceptors (Lipinski definition) is 1. The van der Waals surface area contributed by atoms with Crippen LogP contribution in [-0.2, 0) is 4.74 Å². The molecule has 10 heavy (non-hydrogen) atoms. The van der Waals surface area contributed by atoms with Crippen LogP contribution in [0.3, 0.4) is 0 Å². The highest BCUT2D eigenvalue weighted by molar-refractivity contribution is 5.43. The summed E-state index contributed by atoms with van der Waals surface area (Å²) in [5.41, 5.74) is 0.572. The Bertz CT molecular complexity index is 203. The molecule has 0 aliphatic heterocycles. The highest BCUT2D eigenvalue weighted by atomic mass is 19.1. The molecule has 0 heterocycles. The van der Waals surface area contributed by atoms with E-state index in [4.69, 9.17) is 4.74 Å². The predicted molar refractivity (Wildman–Crippen MR) is 37.7 cm³/mol. The summed E-state index contributed by atoms with van der Waals surface area (Å²) in [6.45, 7) is 3.59. The van der Waals surface area contributed by atoms with Crippen molar-refractivity contribution in [2.24, 2.45) is 0 Å². The number of rotatable bonds is 1. The van der Waals surface area contributed by atoms with E-state index >= 15 is 0 Å². The lowest BCUT2D eigenvalue weighted by Gasteiger charge is -2.11. The van der Waals surface area contributed by atoms with Crippen LogP contribution in [0.15, 0.2) is 36.2 Å². The summed E-state index contributed by atoms with van der Waals surface area (Å²) in [4.78, 5) is 0. The molecule has 1 radical (unpaired) electrons. The summed E-state index contributed by atoms with van der Waals surface area (Å²) in [5, 5.41) is 0. The Hall–Kier alpha value is -0.890. The quantitative estimate of drug-likeness (QED) is 0.540. The standard InChI is InChI=1S/C8H8FO/c1-6-5-7(9)3-4-8(6)10-2/h3-5H,1H2,2H3. The van der Waals surface area contributed by atoms with Crippen molar-refractivity contribution >= 4 is 0 Å². The van der Waals surface area contributed by atoms with E-state index in [1.165, 1.54) is 19.3 Å². The molecule has 1 nitrogen and oxygen atoms in total. The van der Waals surface area contributed by atoms with E-state index in [1.54, 1.807) is 6.08 Å². The van der Waals surface area contributed by atoms with Crippen LogP contribution >= 0.6 is 0 Å². The second-order valence-corrected chi connectivity index (χ2v) is 1.96. The van der Waals surface area contributed by atoms with Crippen LogP contribution in [0, 0.1) is 6.10 Å². The molecule has 53 valence electrons. The van der Waals surface area contributed by atoms with Crippen LogP contribution in [0.4, 0.5) is 4.39 Å². The van der Waals surface area contributed by atoms with Gasteiger partial charge in [0, 0.05) is 7.11 Å². The van der Waals surface area contributed by atoms with Gasteiger partial charge in [-0.05, 0) is 23.8 Å². The summed E-state index contributed by atoms with van der Waals surface area (Å²) in [6, 6.07) is 0. The second-order valence-electron chi connectivity index (χ2n) is 1.96. The van der Waals surface area contributed by atoms with E-state index in [1.807, 2.05) is 0 Å². The lowest BCUT2D eigenvalue weighted by atomic mass is 10.1. The van der Waals surface area contributed by atoms with Gasteiger partial charge in [-0.25, -0.2) is 4.39 Å². The number of ether oxygens (including phenoxy) is 1. The van der Waals surface area contributed by atoms with Crippen molar-refractivity contribution in [2.45, 2.75) is 0 Å². The maximum absolute atomic E-state index is 12.4. The summed E-state index contributed by atoms with van der Waals surface area (Å²) in [7, 11) is 1.53. The summed E-state index contributed by atoms with van der Waals surface area (Å²) in [5.74, 6) is -0.286. The van der Waals surface area contributed by atoms with Crippen LogP contribution in [0.5, 0.6) is 0 Å². The van der Waals surface area contributed by atoms with Gasteiger partial charge in [-0.15, -0.1) is 0 Å². The molecule has 1 aliphatic rings. The van der Waals surface area contributed by atoms with Gasteiger partial charge in [0.05, 0.1) is 0 Å². The molecule has 0 saturated carbocycles. The van der Waals surface area contributed by atoms with Gasteiger partial charge in [0.15, 0.2) is 0 Å². The molecule has 0 spiro atoms. The summed E-state index contributed by atoms with van der Waals surface area (Å²) >= 11 is 0. The Balaban J connectivity index is 2.74. The first kappa shape index (κ1) is 7.22. The minimum atomic E-state index is -0.286. The summed E-state index contributed by atoms with van der Waals surface area (Å²) < 4.78 is 17.3. The highest BCUT2D eigenvalue weighted by Gasteiger charge is 2.11. The molecule has 1 aliphatic carbocycles. The Morgan fingerprint density at radius 2 is 2.20 bits per heavy atom. The van der Waals surface area contributed by atoms with Crippen LogP contribution in [-0.4, -0.2) is 7.11 Å². The van der Waals surface area contributed by atoms with Crippen LogP contribution in [0.2, 0.25) is 0 Å². The third kappa shape index (κ3) is 1.33. The van der Waals surface area contributed by atoms with Crippen LogP contribution in [0.1, 0.15) is 0 Å². The Kier molecular flexibility index (Phi) is 2.02. The van der Waals surface area contributed by atoms with Crippen molar-refractivity contribution in [2.75, 3.05) is 7.11 Å². The van der Waals surface area contributed by atoms with E-state index in [0.717, 1.165) is 0 Å². The topological polar surface area (TPSA) is 9.23 Å². The van der Waals surface area contributed by atoms with Gasteiger partial charge in [-0.3, -0.25) is 0 Å². The number of halogens is 1. The Labute approximate surface area is 59.5 Å². The van der Waals surface area contributed by atoms with Gasteiger partial charge in [0.1, 0.15) is 11.9 Å². The molecule has 0 saturated heterocycles. The SMILES string of the molecule is C=C1C=C(F)C=C[C]1OC. The zero-order valence-electron chi connectivity index (χ0n) is 5.73. The van der Waals surface area contributed by atoms with Crippen molar-refractivity contribution in [1.82, 2.24) is 0 Å². The maximum Gasteiger partial charge on any atom is 0.147 e. The largest absolute Gasteiger partial charge is 0.366 e. The van der Waals surface area contributed by atoms with Crippen molar-refractivity contribution in [3.05, 3.63) is 42.3 Å². The minimum absolute atomic E-state index is 0.286. The van der Waals surface area contributed by atoms with Gasteiger partial charge in [0.25, 0.3) is 0 Å². The molecule has 0 amide bonds. The van der Waals surface area contributed by atoms with Gasteiger partial charge in [-0.2, -0.15) is 0 Å². The van der Waals surface area contributed by atoms with Gasteiger partial charge in [0.2, 0.25) is 0 Å². The smallest absolute Gasteiger partial charge is 0.147 e. The van der Waals surface area contributed by atoms with Gasteiger partial charge < -0.3 is 4.74 Å². The molecule has 0 aromatic carbocycles. The van der Waals surface area contributed by atoms with Crippen LogP contribution in [0.25, 0.3) is 0 Å². The maximum atomic E-state index is 12.4. The van der Waals surface area contributed by atoms with Crippen LogP contribution < -0.4 is 0 Å². The third-order valence-corrected chi connectivity index (χ3v) is 1.24. The lowest BCUT2D eigenvalue weighted by molar-refractivity contribution is 0.251. The van der Waals surface area contributed by atoms with Gasteiger partial charge in [-0.1, -0.05) is 6.58 Å². The monoisotopic (exact) mass is 139 g/mol. The molecule has 0 N–H and O–H groups in total. The molecule has 0 atom stereocenters. The molecule has 2 heteroatoms. The Morgan fingerprint density at radius 1 is 1.50 bits per heavy atom. The zero-order chi connectivity index (χ0) is 7.56. The molecule has 1 rings (SSSR count). The average Bonchev–Trinajstić information content (AvgIpc) is 1.88. The molecular formula is C8H8FO. The first-order chi connectivity index (χ1) is 4.74. The highest BCUT2D eigenvalue weighted by Crippen LogP contribution is 2.23. The van der Waals surface area contributed by atoms with Gasteiger partial charge >= 0.3 is 0 Å². The lowest BCUT2D eigenvalue weighted by Crippen LogP contribution is -2.01. The number of methoxy groups -OCH3 is 1. The Morgan fingerprint density at radius 3 is 2.70 bits per heavy atom. The molecule has 0 unspecified atom stereocenters. The fraction of sp³-hybridized carbons (Fsp3) is 0.125. The first-order valence-electron chi connectivity index (χ1n) is 2.89. The molecule has 0 bridgehead atoms. The fourth-order valence-corrected chi connectivity index (χ4v) is 0.747. The zero-order valence-corrected chi connectivity index (χ0v) is 5.73. The van der Waals surface area contributed by atoms with E-state index in [-0.39, 0.29) is 5.83 Å². The van der Waals surface area contributed by atoms with E-state index in [2.05, 4.69) is 6.58 Å². The van der Waals surface area contributed by atoms with E-state index in [9.17, 15) is 4.39 Å². The molecular weight excluding hydrogens is 131 g/mol. The summed E-state index contributed by atoms with van der Waals surface area (Å²) in [6.07, 6.45) is 4.84. The average molecular weight is 139 g/mol. The molecule has 0 aromatic heterocycles. The molecule has 0 fully saturated rings. The van der Waals surface area contributed by atoms with Crippen molar-refractivity contribution < 1.29 is 9.13 Å². The predicted octanol–water partition coefficient (Wildman–Crippen LogP) is 2.14. The van der Waals surface area contributed by atoms with E-state index < -0.39 is 0 Å². The fourth-order valence-electron chi connectivity index (χ4n) is 0.747. The second kappa shape index (κ2) is 2.80. The number of allylic oxidation sites excluding steroid dienone is 2. The van der Waals surface area contributed by atoms with Crippen molar-refractivity contribution in [1.29, 1.82) is 0 Å². The normalized spacial score (nSPS) is 19.4. The third-order valence-electron chi connectivity index (χ3n) is 1.24. The van der Waals surface area contributed by atoms with Crippen molar-refractivity contribution in [3.8, 4) is 0 Å². The minimum Gasteiger partial charge on any atom is -0.366 e. The molecule has 0 aromatic rings.